The van der Waals surface area contributed by atoms with Crippen LogP contribution in [0, 0.1) is 0 Å². The van der Waals surface area contributed by atoms with Crippen LogP contribution < -0.4 is 0 Å². The molecule has 2 aliphatic rings. The van der Waals surface area contributed by atoms with E-state index in [2.05, 4.69) is 60.5 Å². The maximum atomic E-state index is 13.0. The molecule has 2 fully saturated rings. The van der Waals surface area contributed by atoms with E-state index in [1.807, 2.05) is 21.9 Å². The van der Waals surface area contributed by atoms with Crippen molar-refractivity contribution in [1.29, 1.82) is 0 Å². The molecule has 2 amide bonds. The zero-order valence-electron chi connectivity index (χ0n) is 17.2. The van der Waals surface area contributed by atoms with Crippen LogP contribution >= 0.6 is 0 Å². The van der Waals surface area contributed by atoms with E-state index < -0.39 is 0 Å². The largest absolute Gasteiger partial charge is 0.364 e. The van der Waals surface area contributed by atoms with E-state index >= 15 is 0 Å². The molecule has 2 saturated heterocycles. The highest BCUT2D eigenvalue weighted by molar-refractivity contribution is 5.74. The van der Waals surface area contributed by atoms with E-state index in [9.17, 15) is 4.79 Å². The fourth-order valence-electron chi connectivity index (χ4n) is 4.22. The molecule has 2 heterocycles. The van der Waals surface area contributed by atoms with Crippen LogP contribution in [-0.4, -0.2) is 73.2 Å². The fourth-order valence-corrected chi connectivity index (χ4v) is 4.22. The molecule has 0 aliphatic carbocycles. The Morgan fingerprint density at radius 1 is 0.862 bits per heavy atom. The maximum Gasteiger partial charge on any atom is 0.320 e. The molecule has 0 saturated carbocycles. The molecular formula is C24H31N3O2. The molecule has 0 N–H and O–H groups in total. The smallest absolute Gasteiger partial charge is 0.320 e. The van der Waals surface area contributed by atoms with Gasteiger partial charge >= 0.3 is 6.03 Å². The van der Waals surface area contributed by atoms with Gasteiger partial charge in [0.2, 0.25) is 0 Å². The second-order valence-electron chi connectivity index (χ2n) is 8.12. The van der Waals surface area contributed by atoms with Crippen molar-refractivity contribution < 1.29 is 9.53 Å². The molecular weight excluding hydrogens is 362 g/mol. The lowest BCUT2D eigenvalue weighted by molar-refractivity contribution is -0.0285. The summed E-state index contributed by atoms with van der Waals surface area (Å²) in [6.07, 6.45) is 1.91. The zero-order chi connectivity index (χ0) is 20.1. The van der Waals surface area contributed by atoms with Gasteiger partial charge in [-0.15, -0.1) is 0 Å². The molecule has 0 spiro atoms. The summed E-state index contributed by atoms with van der Waals surface area (Å²) in [5.41, 5.74) is 2.31. The van der Waals surface area contributed by atoms with Crippen molar-refractivity contribution in [3.05, 3.63) is 71.8 Å². The first kappa shape index (κ1) is 19.9. The minimum Gasteiger partial charge on any atom is -0.364 e. The van der Waals surface area contributed by atoms with Crippen LogP contribution in [0.2, 0.25) is 0 Å². The normalized spacial score (nSPS) is 20.8. The molecule has 5 heteroatoms. The van der Waals surface area contributed by atoms with Crippen molar-refractivity contribution in [3.8, 4) is 0 Å². The summed E-state index contributed by atoms with van der Waals surface area (Å²) in [7, 11) is 2.11. The van der Waals surface area contributed by atoms with E-state index in [0.717, 1.165) is 56.7 Å². The van der Waals surface area contributed by atoms with E-state index in [1.165, 1.54) is 0 Å². The van der Waals surface area contributed by atoms with Gasteiger partial charge in [-0.25, -0.2) is 4.79 Å². The van der Waals surface area contributed by atoms with Gasteiger partial charge in [0, 0.05) is 39.3 Å². The predicted octanol–water partition coefficient (Wildman–Crippen LogP) is 3.62. The number of carbonyl (C=O) groups excluding carboxylic acids is 1. The third-order valence-electron chi connectivity index (χ3n) is 5.96. The molecule has 0 aromatic heterocycles. The average molecular weight is 394 g/mol. The third-order valence-corrected chi connectivity index (χ3v) is 5.96. The summed E-state index contributed by atoms with van der Waals surface area (Å²) in [6.45, 7) is 5.02. The van der Waals surface area contributed by atoms with E-state index in [4.69, 9.17) is 4.74 Å². The second-order valence-corrected chi connectivity index (χ2v) is 8.12. The lowest BCUT2D eigenvalue weighted by Crippen LogP contribution is -2.54. The van der Waals surface area contributed by atoms with Crippen LogP contribution in [0.1, 0.15) is 30.1 Å². The first-order valence-corrected chi connectivity index (χ1v) is 10.7. The van der Waals surface area contributed by atoms with Gasteiger partial charge in [0.15, 0.2) is 0 Å². The van der Waals surface area contributed by atoms with Gasteiger partial charge in [0.05, 0.1) is 6.10 Å². The summed E-state index contributed by atoms with van der Waals surface area (Å²) in [4.78, 5) is 19.3. The summed E-state index contributed by atoms with van der Waals surface area (Å²) in [6, 6.07) is 20.9. The highest BCUT2D eigenvalue weighted by atomic mass is 16.5. The van der Waals surface area contributed by atoms with Gasteiger partial charge < -0.3 is 19.4 Å². The van der Waals surface area contributed by atoms with Crippen molar-refractivity contribution in [1.82, 2.24) is 14.7 Å². The SMILES string of the molecule is CN1CCN(C(=O)N2CCCC(OC(c3ccccc3)c3ccccc3)C2)CC1. The monoisotopic (exact) mass is 393 g/mol. The highest BCUT2D eigenvalue weighted by Crippen LogP contribution is 2.29. The van der Waals surface area contributed by atoms with Crippen molar-refractivity contribution in [2.24, 2.45) is 0 Å². The minimum atomic E-state index is -0.110. The number of ether oxygens (including phenoxy) is 1. The number of hydrogen-bond donors (Lipinski definition) is 0. The number of hydrogen-bond acceptors (Lipinski definition) is 3. The quantitative estimate of drug-likeness (QED) is 0.796. The standard InChI is InChI=1S/C24H31N3O2/c1-25-15-17-26(18-16-25)24(28)27-14-8-13-22(19-27)29-23(20-9-4-2-5-10-20)21-11-6-3-7-12-21/h2-7,9-12,22-23H,8,13-19H2,1H3. The zero-order valence-corrected chi connectivity index (χ0v) is 17.2. The number of nitrogens with zero attached hydrogens (tertiary/aromatic N) is 3. The van der Waals surface area contributed by atoms with Crippen molar-refractivity contribution in [2.75, 3.05) is 46.3 Å². The molecule has 1 atom stereocenters. The van der Waals surface area contributed by atoms with Gasteiger partial charge in [0.25, 0.3) is 0 Å². The third kappa shape index (κ3) is 4.98. The lowest BCUT2D eigenvalue weighted by atomic mass is 10.0. The molecule has 0 radical (unpaired) electrons. The summed E-state index contributed by atoms with van der Waals surface area (Å²) >= 11 is 0. The number of urea groups is 1. The number of carbonyl (C=O) groups is 1. The first-order valence-electron chi connectivity index (χ1n) is 10.7. The van der Waals surface area contributed by atoms with Crippen molar-refractivity contribution in [2.45, 2.75) is 25.0 Å². The van der Waals surface area contributed by atoms with Crippen molar-refractivity contribution in [3.63, 3.8) is 0 Å². The summed E-state index contributed by atoms with van der Waals surface area (Å²) < 4.78 is 6.63. The predicted molar refractivity (Wildman–Crippen MR) is 115 cm³/mol. The number of piperidine rings is 1. The summed E-state index contributed by atoms with van der Waals surface area (Å²) in [5, 5.41) is 0. The van der Waals surface area contributed by atoms with Gasteiger partial charge in [-0.1, -0.05) is 60.7 Å². The Morgan fingerprint density at radius 3 is 2.03 bits per heavy atom. The van der Waals surface area contributed by atoms with Gasteiger partial charge in [-0.3, -0.25) is 0 Å². The number of amides is 2. The van der Waals surface area contributed by atoms with Gasteiger partial charge in [-0.05, 0) is 31.0 Å². The molecule has 1 unspecified atom stereocenters. The molecule has 2 aromatic carbocycles. The van der Waals surface area contributed by atoms with E-state index in [0.29, 0.717) is 6.54 Å². The Kier molecular flexibility index (Phi) is 6.47. The maximum absolute atomic E-state index is 13.0. The van der Waals surface area contributed by atoms with Crippen LogP contribution in [0.25, 0.3) is 0 Å². The number of piperazine rings is 1. The van der Waals surface area contributed by atoms with Crippen LogP contribution in [0.4, 0.5) is 4.79 Å². The molecule has 154 valence electrons. The molecule has 2 aliphatic heterocycles. The van der Waals surface area contributed by atoms with E-state index in [1.54, 1.807) is 0 Å². The lowest BCUT2D eigenvalue weighted by Gasteiger charge is -2.40. The Hall–Kier alpha value is -2.37. The topological polar surface area (TPSA) is 36.0 Å². The Bertz CT molecular complexity index is 736. The molecule has 0 bridgehead atoms. The molecule has 4 rings (SSSR count). The van der Waals surface area contributed by atoms with Crippen LogP contribution in [0.5, 0.6) is 0 Å². The Balaban J connectivity index is 1.45. The summed E-state index contributed by atoms with van der Waals surface area (Å²) in [5.74, 6) is 0. The van der Waals surface area contributed by atoms with Gasteiger partial charge in [0.1, 0.15) is 6.10 Å². The first-order chi connectivity index (χ1) is 14.2. The Labute approximate surface area is 173 Å². The number of likely N-dealkylation sites (N-methyl/N-ethyl adjacent to an activating group) is 1. The Morgan fingerprint density at radius 2 is 1.45 bits per heavy atom. The van der Waals surface area contributed by atoms with Crippen LogP contribution in [0.3, 0.4) is 0 Å². The van der Waals surface area contributed by atoms with Gasteiger partial charge in [-0.2, -0.15) is 0 Å². The average Bonchev–Trinajstić information content (AvgIpc) is 2.79. The number of benzene rings is 2. The number of rotatable bonds is 4. The molecule has 5 nitrogen and oxygen atoms in total. The second kappa shape index (κ2) is 9.42. The van der Waals surface area contributed by atoms with Crippen LogP contribution in [-0.2, 0) is 4.74 Å². The highest BCUT2D eigenvalue weighted by Gasteiger charge is 2.30. The minimum absolute atomic E-state index is 0.0468. The fraction of sp³-hybridized carbons (Fsp3) is 0.458. The molecule has 2 aromatic rings. The van der Waals surface area contributed by atoms with E-state index in [-0.39, 0.29) is 18.2 Å². The number of likely N-dealkylation sites (tertiary alicyclic amines) is 1. The molecule has 29 heavy (non-hydrogen) atoms. The van der Waals surface area contributed by atoms with Crippen LogP contribution in [0.15, 0.2) is 60.7 Å². The van der Waals surface area contributed by atoms with Crippen molar-refractivity contribution >= 4 is 6.03 Å².